The number of anilines is 1. The first kappa shape index (κ1) is 9.20. The van der Waals surface area contributed by atoms with Crippen LogP contribution in [-0.4, -0.2) is 4.98 Å². The fourth-order valence-corrected chi connectivity index (χ4v) is 2.56. The summed E-state index contributed by atoms with van der Waals surface area (Å²) in [4.78, 5) is 4.81. The number of fused-ring (bicyclic) bond motifs is 1. The van der Waals surface area contributed by atoms with Crippen molar-refractivity contribution in [2.45, 2.75) is 45.4 Å². The topological polar surface area (TPSA) is 38.9 Å². The van der Waals surface area contributed by atoms with Crippen LogP contribution in [0.2, 0.25) is 0 Å². The van der Waals surface area contributed by atoms with E-state index in [-0.39, 0.29) is 0 Å². The van der Waals surface area contributed by atoms with E-state index in [0.29, 0.717) is 0 Å². The largest absolute Gasteiger partial charge is 0.398 e. The average Bonchev–Trinajstić information content (AvgIpc) is 2.90. The van der Waals surface area contributed by atoms with Gasteiger partial charge < -0.3 is 5.73 Å². The molecule has 80 valence electrons. The lowest BCUT2D eigenvalue weighted by molar-refractivity contribution is 0.787. The molecular weight excluding hydrogens is 184 g/mol. The number of aromatic nitrogens is 1. The Labute approximate surface area is 90.9 Å². The summed E-state index contributed by atoms with van der Waals surface area (Å²) < 4.78 is 0. The van der Waals surface area contributed by atoms with Crippen molar-refractivity contribution in [1.82, 2.24) is 4.98 Å². The summed E-state index contributed by atoms with van der Waals surface area (Å²) in [7, 11) is 0. The van der Waals surface area contributed by atoms with Gasteiger partial charge in [0.1, 0.15) is 0 Å². The molecule has 0 spiro atoms. The van der Waals surface area contributed by atoms with Gasteiger partial charge in [-0.1, -0.05) is 0 Å². The molecule has 0 atom stereocenters. The second-order valence-electron chi connectivity index (χ2n) is 5.02. The normalized spacial score (nSPS) is 19.3. The van der Waals surface area contributed by atoms with E-state index in [0.717, 1.165) is 30.9 Å². The smallest absolute Gasteiger partial charge is 0.0459 e. The average molecular weight is 202 g/mol. The molecule has 2 nitrogen and oxygen atoms in total. The number of pyridine rings is 1. The van der Waals surface area contributed by atoms with E-state index in [1.54, 1.807) is 0 Å². The van der Waals surface area contributed by atoms with Crippen molar-refractivity contribution in [3.63, 3.8) is 0 Å². The molecule has 1 aromatic heterocycles. The maximum atomic E-state index is 6.19. The molecule has 0 aromatic carbocycles. The Morgan fingerprint density at radius 1 is 1.33 bits per heavy atom. The SMILES string of the molecule is Cc1c(CC2CC2)nc2c(c1N)CCC2. The van der Waals surface area contributed by atoms with Crippen LogP contribution >= 0.6 is 0 Å². The Morgan fingerprint density at radius 2 is 2.13 bits per heavy atom. The van der Waals surface area contributed by atoms with Gasteiger partial charge >= 0.3 is 0 Å². The summed E-state index contributed by atoms with van der Waals surface area (Å²) >= 11 is 0. The predicted molar refractivity (Wildman–Crippen MR) is 61.8 cm³/mol. The molecule has 3 rings (SSSR count). The summed E-state index contributed by atoms with van der Waals surface area (Å²) in [5.74, 6) is 0.898. The molecular formula is C13H18N2. The van der Waals surface area contributed by atoms with Gasteiger partial charge in [0.2, 0.25) is 0 Å². The van der Waals surface area contributed by atoms with Crippen molar-refractivity contribution in [3.05, 3.63) is 22.5 Å². The van der Waals surface area contributed by atoms with E-state index < -0.39 is 0 Å². The first-order chi connectivity index (χ1) is 7.25. The summed E-state index contributed by atoms with van der Waals surface area (Å²) in [5.41, 5.74) is 12.4. The van der Waals surface area contributed by atoms with Crippen LogP contribution in [-0.2, 0) is 19.3 Å². The lowest BCUT2D eigenvalue weighted by Crippen LogP contribution is -2.06. The molecule has 1 heterocycles. The minimum Gasteiger partial charge on any atom is -0.398 e. The number of nitrogen functional groups attached to an aromatic ring is 1. The Balaban J connectivity index is 2.02. The first-order valence-electron chi connectivity index (χ1n) is 6.02. The van der Waals surface area contributed by atoms with E-state index >= 15 is 0 Å². The summed E-state index contributed by atoms with van der Waals surface area (Å²) in [6.45, 7) is 2.14. The van der Waals surface area contributed by atoms with Crippen LogP contribution in [0.15, 0.2) is 0 Å². The van der Waals surface area contributed by atoms with Crippen molar-refractivity contribution in [1.29, 1.82) is 0 Å². The zero-order valence-electron chi connectivity index (χ0n) is 9.34. The lowest BCUT2D eigenvalue weighted by Gasteiger charge is -2.12. The maximum Gasteiger partial charge on any atom is 0.0459 e. The highest BCUT2D eigenvalue weighted by molar-refractivity contribution is 5.58. The molecule has 0 bridgehead atoms. The van der Waals surface area contributed by atoms with Gasteiger partial charge in [0.25, 0.3) is 0 Å². The molecule has 2 heteroatoms. The number of aryl methyl sites for hydroxylation is 1. The van der Waals surface area contributed by atoms with Gasteiger partial charge in [0.05, 0.1) is 0 Å². The third-order valence-corrected chi connectivity index (χ3v) is 3.80. The highest BCUT2D eigenvalue weighted by atomic mass is 14.8. The molecule has 1 saturated carbocycles. The van der Waals surface area contributed by atoms with Crippen LogP contribution in [0.25, 0.3) is 0 Å². The van der Waals surface area contributed by atoms with E-state index in [9.17, 15) is 0 Å². The van der Waals surface area contributed by atoms with Crippen LogP contribution < -0.4 is 5.73 Å². The lowest BCUT2D eigenvalue weighted by atomic mass is 10.0. The molecule has 1 aromatic rings. The van der Waals surface area contributed by atoms with Crippen molar-refractivity contribution in [3.8, 4) is 0 Å². The fourth-order valence-electron chi connectivity index (χ4n) is 2.56. The number of nitrogens with two attached hydrogens (primary N) is 1. The molecule has 0 saturated heterocycles. The quantitative estimate of drug-likeness (QED) is 0.800. The molecule has 0 radical (unpaired) electrons. The van der Waals surface area contributed by atoms with Crippen molar-refractivity contribution in [2.75, 3.05) is 5.73 Å². The number of rotatable bonds is 2. The zero-order chi connectivity index (χ0) is 10.4. The minimum absolute atomic E-state index is 0.898. The van der Waals surface area contributed by atoms with Gasteiger partial charge in [-0.05, 0) is 62.5 Å². The molecule has 15 heavy (non-hydrogen) atoms. The van der Waals surface area contributed by atoms with Gasteiger partial charge in [-0.15, -0.1) is 0 Å². The third-order valence-electron chi connectivity index (χ3n) is 3.80. The predicted octanol–water partition coefficient (Wildman–Crippen LogP) is 2.41. The van der Waals surface area contributed by atoms with Crippen LogP contribution in [0.5, 0.6) is 0 Å². The highest BCUT2D eigenvalue weighted by Gasteiger charge is 2.25. The zero-order valence-corrected chi connectivity index (χ0v) is 9.34. The summed E-state index contributed by atoms with van der Waals surface area (Å²) in [6, 6.07) is 0. The van der Waals surface area contributed by atoms with Gasteiger partial charge in [-0.2, -0.15) is 0 Å². The Bertz CT molecular complexity index is 405. The number of hydrogen-bond acceptors (Lipinski definition) is 2. The monoisotopic (exact) mass is 202 g/mol. The van der Waals surface area contributed by atoms with Gasteiger partial charge in [-0.25, -0.2) is 0 Å². The number of nitrogens with zero attached hydrogens (tertiary/aromatic N) is 1. The highest BCUT2D eigenvalue weighted by Crippen LogP contribution is 2.36. The molecule has 2 N–H and O–H groups in total. The van der Waals surface area contributed by atoms with Crippen LogP contribution in [0.1, 0.15) is 41.8 Å². The van der Waals surface area contributed by atoms with Crippen LogP contribution in [0, 0.1) is 12.8 Å². The third kappa shape index (κ3) is 1.52. The molecule has 0 amide bonds. The summed E-state index contributed by atoms with van der Waals surface area (Å²) in [6.07, 6.45) is 7.44. The minimum atomic E-state index is 0.898. The molecule has 2 aliphatic rings. The Kier molecular flexibility index (Phi) is 1.98. The van der Waals surface area contributed by atoms with E-state index in [1.165, 1.54) is 41.8 Å². The van der Waals surface area contributed by atoms with Crippen molar-refractivity contribution >= 4 is 5.69 Å². The standard InChI is InChI=1S/C13H18N2/c1-8-12(7-9-5-6-9)15-11-4-2-3-10(11)13(8)14/h9H,2-7H2,1H3,(H2,14,15). The molecule has 2 aliphatic carbocycles. The van der Waals surface area contributed by atoms with Crippen LogP contribution in [0.3, 0.4) is 0 Å². The maximum absolute atomic E-state index is 6.19. The van der Waals surface area contributed by atoms with Gasteiger partial charge in [0.15, 0.2) is 0 Å². The van der Waals surface area contributed by atoms with Gasteiger partial charge in [0, 0.05) is 17.1 Å². The number of hydrogen-bond donors (Lipinski definition) is 1. The summed E-state index contributed by atoms with van der Waals surface area (Å²) in [5, 5.41) is 0. The van der Waals surface area contributed by atoms with Crippen molar-refractivity contribution in [2.24, 2.45) is 5.92 Å². The van der Waals surface area contributed by atoms with Gasteiger partial charge in [-0.3, -0.25) is 4.98 Å². The van der Waals surface area contributed by atoms with E-state index in [1.807, 2.05) is 0 Å². The fraction of sp³-hybridized carbons (Fsp3) is 0.615. The van der Waals surface area contributed by atoms with E-state index in [2.05, 4.69) is 6.92 Å². The van der Waals surface area contributed by atoms with E-state index in [4.69, 9.17) is 10.7 Å². The molecule has 1 fully saturated rings. The Hall–Kier alpha value is -1.05. The molecule has 0 unspecified atom stereocenters. The molecule has 0 aliphatic heterocycles. The second-order valence-corrected chi connectivity index (χ2v) is 5.02. The first-order valence-corrected chi connectivity index (χ1v) is 6.02. The second kappa shape index (κ2) is 3.22. The Morgan fingerprint density at radius 3 is 2.87 bits per heavy atom. The van der Waals surface area contributed by atoms with Crippen molar-refractivity contribution < 1.29 is 0 Å². The van der Waals surface area contributed by atoms with Crippen LogP contribution in [0.4, 0.5) is 5.69 Å².